The Balaban J connectivity index is 2.37. The van der Waals surface area contributed by atoms with Crippen molar-refractivity contribution in [1.29, 1.82) is 0 Å². The molecule has 0 aliphatic carbocycles. The SMILES string of the molecule is CN(C)CCCNc1c([N+](=O)[O-])c(Cl)nc2ccccc12. The summed E-state index contributed by atoms with van der Waals surface area (Å²) in [4.78, 5) is 16.9. The van der Waals surface area contributed by atoms with E-state index in [9.17, 15) is 10.1 Å². The van der Waals surface area contributed by atoms with E-state index >= 15 is 0 Å². The van der Waals surface area contributed by atoms with Crippen molar-refractivity contribution in [2.45, 2.75) is 6.42 Å². The monoisotopic (exact) mass is 308 g/mol. The summed E-state index contributed by atoms with van der Waals surface area (Å²) in [6.07, 6.45) is 0.873. The fourth-order valence-corrected chi connectivity index (χ4v) is 2.38. The van der Waals surface area contributed by atoms with Crippen molar-refractivity contribution in [1.82, 2.24) is 9.88 Å². The Kier molecular flexibility index (Phi) is 4.93. The third-order valence-electron chi connectivity index (χ3n) is 3.09. The fraction of sp³-hybridized carbons (Fsp3) is 0.357. The van der Waals surface area contributed by atoms with Crippen molar-refractivity contribution in [3.05, 3.63) is 39.5 Å². The van der Waals surface area contributed by atoms with E-state index in [4.69, 9.17) is 11.6 Å². The molecule has 7 heteroatoms. The Morgan fingerprint density at radius 2 is 2.10 bits per heavy atom. The van der Waals surface area contributed by atoms with E-state index in [1.807, 2.05) is 26.2 Å². The van der Waals surface area contributed by atoms with Gasteiger partial charge in [0.15, 0.2) is 0 Å². The highest BCUT2D eigenvalue weighted by atomic mass is 35.5. The maximum atomic E-state index is 11.3. The second-order valence-corrected chi connectivity index (χ2v) is 5.34. The highest BCUT2D eigenvalue weighted by molar-refractivity contribution is 6.33. The van der Waals surface area contributed by atoms with Gasteiger partial charge in [0.1, 0.15) is 5.69 Å². The van der Waals surface area contributed by atoms with Crippen molar-refractivity contribution < 1.29 is 4.92 Å². The zero-order chi connectivity index (χ0) is 15.4. The molecule has 2 aromatic rings. The largest absolute Gasteiger partial charge is 0.379 e. The van der Waals surface area contributed by atoms with Crippen LogP contribution in [0.15, 0.2) is 24.3 Å². The first-order chi connectivity index (χ1) is 10.0. The molecule has 0 amide bonds. The number of anilines is 1. The van der Waals surface area contributed by atoms with E-state index in [2.05, 4.69) is 15.2 Å². The molecule has 0 spiro atoms. The molecule has 0 aliphatic rings. The molecule has 0 fully saturated rings. The Labute approximate surface area is 127 Å². The van der Waals surface area contributed by atoms with E-state index < -0.39 is 4.92 Å². The van der Waals surface area contributed by atoms with Gasteiger partial charge in [-0.15, -0.1) is 0 Å². The van der Waals surface area contributed by atoms with Crippen LogP contribution in [0, 0.1) is 10.1 Å². The topological polar surface area (TPSA) is 71.3 Å². The van der Waals surface area contributed by atoms with Crippen LogP contribution >= 0.6 is 11.6 Å². The lowest BCUT2D eigenvalue weighted by Gasteiger charge is -2.13. The average molecular weight is 309 g/mol. The maximum absolute atomic E-state index is 11.3. The van der Waals surface area contributed by atoms with Gasteiger partial charge < -0.3 is 10.2 Å². The first kappa shape index (κ1) is 15.5. The smallest absolute Gasteiger partial charge is 0.329 e. The van der Waals surface area contributed by atoms with Gasteiger partial charge in [0.05, 0.1) is 10.4 Å². The molecule has 0 bridgehead atoms. The van der Waals surface area contributed by atoms with Crippen molar-refractivity contribution in [2.24, 2.45) is 0 Å². The first-order valence-corrected chi connectivity index (χ1v) is 6.99. The minimum Gasteiger partial charge on any atom is -0.379 e. The molecule has 6 nitrogen and oxygen atoms in total. The summed E-state index contributed by atoms with van der Waals surface area (Å²) in [5, 5.41) is 15.0. The predicted octanol–water partition coefficient (Wildman–Crippen LogP) is 3.16. The molecule has 21 heavy (non-hydrogen) atoms. The summed E-state index contributed by atoms with van der Waals surface area (Å²) in [7, 11) is 3.97. The molecule has 1 heterocycles. The summed E-state index contributed by atoms with van der Waals surface area (Å²) in [5.74, 6) is 0. The Morgan fingerprint density at radius 1 is 1.38 bits per heavy atom. The molecule has 0 aliphatic heterocycles. The first-order valence-electron chi connectivity index (χ1n) is 6.62. The van der Waals surface area contributed by atoms with Crippen LogP contribution in [-0.4, -0.2) is 42.0 Å². The van der Waals surface area contributed by atoms with Gasteiger partial charge in [-0.3, -0.25) is 10.1 Å². The van der Waals surface area contributed by atoms with Gasteiger partial charge in [0.2, 0.25) is 5.15 Å². The average Bonchev–Trinajstić information content (AvgIpc) is 2.42. The van der Waals surface area contributed by atoms with Crippen LogP contribution < -0.4 is 5.32 Å². The summed E-state index contributed by atoms with van der Waals surface area (Å²) in [5.41, 5.74) is 0.915. The summed E-state index contributed by atoms with van der Waals surface area (Å²) in [6.45, 7) is 1.53. The number of rotatable bonds is 6. The maximum Gasteiger partial charge on any atom is 0.329 e. The van der Waals surface area contributed by atoms with E-state index in [1.54, 1.807) is 12.1 Å². The van der Waals surface area contributed by atoms with E-state index in [0.29, 0.717) is 23.1 Å². The third-order valence-corrected chi connectivity index (χ3v) is 3.35. The minimum absolute atomic E-state index is 0.0891. The lowest BCUT2D eigenvalue weighted by atomic mass is 10.1. The highest BCUT2D eigenvalue weighted by Gasteiger charge is 2.23. The highest BCUT2D eigenvalue weighted by Crippen LogP contribution is 2.37. The van der Waals surface area contributed by atoms with Crippen LogP contribution in [-0.2, 0) is 0 Å². The van der Waals surface area contributed by atoms with Crippen LogP contribution in [0.5, 0.6) is 0 Å². The van der Waals surface area contributed by atoms with E-state index in [1.165, 1.54) is 0 Å². The molecule has 0 saturated heterocycles. The number of aromatic nitrogens is 1. The Morgan fingerprint density at radius 3 is 2.76 bits per heavy atom. The van der Waals surface area contributed by atoms with Crippen molar-refractivity contribution >= 4 is 33.9 Å². The Hall–Kier alpha value is -1.92. The fourth-order valence-electron chi connectivity index (χ4n) is 2.13. The summed E-state index contributed by atoms with van der Waals surface area (Å²) < 4.78 is 0. The standard InChI is InChI=1S/C14H17ClN4O2/c1-18(2)9-5-8-16-12-10-6-3-4-7-11(10)17-14(15)13(12)19(20)21/h3-4,6-7H,5,8-9H2,1-2H3,(H,16,17). The Bertz CT molecular complexity index is 661. The van der Waals surface area contributed by atoms with Crippen molar-refractivity contribution in [3.8, 4) is 0 Å². The molecule has 1 aromatic carbocycles. The van der Waals surface area contributed by atoms with Gasteiger partial charge in [-0.2, -0.15) is 0 Å². The summed E-state index contributed by atoms with van der Waals surface area (Å²) >= 11 is 5.97. The molecular weight excluding hydrogens is 292 g/mol. The molecule has 0 unspecified atom stereocenters. The zero-order valence-corrected chi connectivity index (χ0v) is 12.7. The molecule has 0 atom stereocenters. The molecule has 1 aromatic heterocycles. The molecule has 2 rings (SSSR count). The number of para-hydroxylation sites is 1. The van der Waals surface area contributed by atoms with Crippen LogP contribution in [0.4, 0.5) is 11.4 Å². The normalized spacial score (nSPS) is 11.0. The number of benzene rings is 1. The van der Waals surface area contributed by atoms with Gasteiger partial charge >= 0.3 is 5.69 Å². The number of nitrogens with zero attached hydrogens (tertiary/aromatic N) is 3. The lowest BCUT2D eigenvalue weighted by molar-refractivity contribution is -0.384. The molecule has 1 N–H and O–H groups in total. The second kappa shape index (κ2) is 6.69. The lowest BCUT2D eigenvalue weighted by Crippen LogP contribution is -2.16. The van der Waals surface area contributed by atoms with Gasteiger partial charge in [-0.05, 0) is 33.1 Å². The van der Waals surface area contributed by atoms with Crippen LogP contribution in [0.2, 0.25) is 5.15 Å². The van der Waals surface area contributed by atoms with E-state index in [-0.39, 0.29) is 10.8 Å². The summed E-state index contributed by atoms with van der Waals surface area (Å²) in [6, 6.07) is 7.25. The molecule has 0 radical (unpaired) electrons. The molecule has 0 saturated carbocycles. The number of nitrogens with one attached hydrogen (secondary N) is 1. The quantitative estimate of drug-likeness (QED) is 0.384. The van der Waals surface area contributed by atoms with Gasteiger partial charge in [0, 0.05) is 11.9 Å². The number of nitro groups is 1. The number of hydrogen-bond donors (Lipinski definition) is 1. The minimum atomic E-state index is -0.490. The van der Waals surface area contributed by atoms with Gasteiger partial charge in [-0.1, -0.05) is 29.8 Å². The number of halogens is 1. The van der Waals surface area contributed by atoms with Crippen LogP contribution in [0.3, 0.4) is 0 Å². The predicted molar refractivity (Wildman–Crippen MR) is 85.1 cm³/mol. The second-order valence-electron chi connectivity index (χ2n) is 4.98. The van der Waals surface area contributed by atoms with Crippen molar-refractivity contribution in [2.75, 3.05) is 32.5 Å². The number of pyridine rings is 1. The molecule has 112 valence electrons. The zero-order valence-electron chi connectivity index (χ0n) is 12.0. The third kappa shape index (κ3) is 3.59. The van der Waals surface area contributed by atoms with Crippen molar-refractivity contribution in [3.63, 3.8) is 0 Å². The van der Waals surface area contributed by atoms with Crippen LogP contribution in [0.1, 0.15) is 6.42 Å². The van der Waals surface area contributed by atoms with Crippen LogP contribution in [0.25, 0.3) is 10.9 Å². The number of fused-ring (bicyclic) bond motifs is 1. The van der Waals surface area contributed by atoms with E-state index in [0.717, 1.165) is 13.0 Å². The van der Waals surface area contributed by atoms with Gasteiger partial charge in [0.25, 0.3) is 0 Å². The molecular formula is C14H17ClN4O2. The van der Waals surface area contributed by atoms with Gasteiger partial charge in [-0.25, -0.2) is 4.98 Å². The number of hydrogen-bond acceptors (Lipinski definition) is 5.